The number of hydrogen-bond donors (Lipinski definition) is 1. The summed E-state index contributed by atoms with van der Waals surface area (Å²) >= 11 is 7.58. The summed E-state index contributed by atoms with van der Waals surface area (Å²) in [5.41, 5.74) is 6.31. The number of halogens is 1. The Morgan fingerprint density at radius 2 is 2.06 bits per heavy atom. The lowest BCUT2D eigenvalue weighted by Gasteiger charge is -1.95. The fourth-order valence-electron chi connectivity index (χ4n) is 1.37. The third-order valence-corrected chi connectivity index (χ3v) is 3.57. The topological polar surface area (TPSA) is 64.9 Å². The van der Waals surface area contributed by atoms with Crippen molar-refractivity contribution in [2.45, 2.75) is 12.2 Å². The predicted molar refractivity (Wildman–Crippen MR) is 74.6 cm³/mol. The zero-order valence-electron chi connectivity index (χ0n) is 9.80. The van der Waals surface area contributed by atoms with E-state index in [0.29, 0.717) is 16.7 Å². The van der Waals surface area contributed by atoms with E-state index in [9.17, 15) is 0 Å². The maximum absolute atomic E-state index is 5.82. The van der Waals surface area contributed by atoms with Gasteiger partial charge >= 0.3 is 0 Å². The Hall–Kier alpha value is -1.04. The molecule has 0 atom stereocenters. The molecule has 1 aromatic heterocycles. The second-order valence-electron chi connectivity index (χ2n) is 3.72. The Kier molecular flexibility index (Phi) is 5.04. The van der Waals surface area contributed by atoms with Gasteiger partial charge in [-0.1, -0.05) is 16.8 Å². The second-order valence-corrected chi connectivity index (χ2v) is 5.26. The highest BCUT2D eigenvalue weighted by Crippen LogP contribution is 2.20. The minimum Gasteiger partial charge on any atom is -0.334 e. The Bertz CT molecular complexity index is 486. The van der Waals surface area contributed by atoms with Crippen LogP contribution in [0.25, 0.3) is 11.5 Å². The third-order valence-electron chi connectivity index (χ3n) is 2.28. The molecular weight excluding hydrogens is 270 g/mol. The number of nitrogens with two attached hydrogens (primary N) is 1. The molecule has 6 heteroatoms. The van der Waals surface area contributed by atoms with E-state index in [4.69, 9.17) is 21.9 Å². The highest BCUT2D eigenvalue weighted by molar-refractivity contribution is 7.98. The molecule has 0 saturated heterocycles. The van der Waals surface area contributed by atoms with Gasteiger partial charge in [-0.05, 0) is 43.0 Å². The maximum Gasteiger partial charge on any atom is 0.257 e. The van der Waals surface area contributed by atoms with E-state index in [0.717, 1.165) is 30.0 Å². The Labute approximate surface area is 115 Å². The van der Waals surface area contributed by atoms with Gasteiger partial charge in [0.25, 0.3) is 5.89 Å². The Morgan fingerprint density at radius 1 is 1.28 bits per heavy atom. The van der Waals surface area contributed by atoms with Gasteiger partial charge in [0.05, 0.1) is 5.75 Å². The van der Waals surface area contributed by atoms with Gasteiger partial charge in [-0.3, -0.25) is 0 Å². The Morgan fingerprint density at radius 3 is 2.78 bits per heavy atom. The standard InChI is InChI=1S/C12H14ClN3OS/c13-10-4-2-9(3-5-10)12-15-11(16-17-12)8-18-7-1-6-14/h2-5H,1,6-8,14H2. The summed E-state index contributed by atoms with van der Waals surface area (Å²) in [6.45, 7) is 0.718. The largest absolute Gasteiger partial charge is 0.334 e. The molecule has 1 aromatic carbocycles. The van der Waals surface area contributed by atoms with E-state index in [-0.39, 0.29) is 0 Å². The van der Waals surface area contributed by atoms with Crippen molar-refractivity contribution in [3.8, 4) is 11.5 Å². The average Bonchev–Trinajstić information content (AvgIpc) is 2.84. The minimum absolute atomic E-state index is 0.529. The van der Waals surface area contributed by atoms with Gasteiger partial charge in [0.2, 0.25) is 0 Å². The van der Waals surface area contributed by atoms with Crippen LogP contribution in [0.1, 0.15) is 12.2 Å². The molecule has 4 nitrogen and oxygen atoms in total. The summed E-state index contributed by atoms with van der Waals surface area (Å²) in [4.78, 5) is 4.33. The first-order chi connectivity index (χ1) is 8.79. The molecule has 2 rings (SSSR count). The number of thioether (sulfide) groups is 1. The molecule has 2 aromatic rings. The third kappa shape index (κ3) is 3.73. The van der Waals surface area contributed by atoms with Crippen molar-refractivity contribution in [2.24, 2.45) is 5.73 Å². The molecule has 18 heavy (non-hydrogen) atoms. The maximum atomic E-state index is 5.82. The SMILES string of the molecule is NCCCSCc1noc(-c2ccc(Cl)cc2)n1. The molecule has 0 amide bonds. The number of hydrogen-bond acceptors (Lipinski definition) is 5. The quantitative estimate of drug-likeness (QED) is 0.826. The number of rotatable bonds is 6. The summed E-state index contributed by atoms with van der Waals surface area (Å²) in [5.74, 6) is 3.00. The normalized spacial score (nSPS) is 10.8. The van der Waals surface area contributed by atoms with Crippen LogP contribution >= 0.6 is 23.4 Å². The fourth-order valence-corrected chi connectivity index (χ4v) is 2.31. The van der Waals surface area contributed by atoms with Gasteiger partial charge < -0.3 is 10.3 Å². The van der Waals surface area contributed by atoms with Crippen LogP contribution in [0.5, 0.6) is 0 Å². The van der Waals surface area contributed by atoms with Gasteiger partial charge in [-0.25, -0.2) is 0 Å². The molecule has 0 unspecified atom stereocenters. The lowest BCUT2D eigenvalue weighted by Crippen LogP contribution is -1.99. The summed E-state index contributed by atoms with van der Waals surface area (Å²) in [7, 11) is 0. The lowest BCUT2D eigenvalue weighted by molar-refractivity contribution is 0.425. The number of benzene rings is 1. The van der Waals surface area contributed by atoms with E-state index in [2.05, 4.69) is 10.1 Å². The van der Waals surface area contributed by atoms with E-state index in [1.54, 1.807) is 23.9 Å². The van der Waals surface area contributed by atoms with Crippen molar-refractivity contribution in [1.29, 1.82) is 0 Å². The number of nitrogens with zero attached hydrogens (tertiary/aromatic N) is 2. The molecule has 0 spiro atoms. The van der Waals surface area contributed by atoms with Crippen LogP contribution in [-0.4, -0.2) is 22.4 Å². The van der Waals surface area contributed by atoms with Crippen LogP contribution in [0, 0.1) is 0 Å². The summed E-state index contributed by atoms with van der Waals surface area (Å²) in [5, 5.41) is 4.63. The first-order valence-electron chi connectivity index (χ1n) is 5.66. The molecule has 0 aliphatic heterocycles. The minimum atomic E-state index is 0.529. The van der Waals surface area contributed by atoms with Crippen molar-refractivity contribution in [3.05, 3.63) is 35.1 Å². The van der Waals surface area contributed by atoms with Crippen molar-refractivity contribution < 1.29 is 4.52 Å². The summed E-state index contributed by atoms with van der Waals surface area (Å²) < 4.78 is 5.21. The molecule has 96 valence electrons. The first-order valence-corrected chi connectivity index (χ1v) is 7.19. The van der Waals surface area contributed by atoms with Gasteiger partial charge in [0.1, 0.15) is 0 Å². The van der Waals surface area contributed by atoms with Crippen LogP contribution in [0.4, 0.5) is 0 Å². The highest BCUT2D eigenvalue weighted by Gasteiger charge is 2.08. The zero-order valence-corrected chi connectivity index (χ0v) is 11.4. The van der Waals surface area contributed by atoms with Gasteiger partial charge in [0, 0.05) is 10.6 Å². The van der Waals surface area contributed by atoms with Gasteiger partial charge in [0.15, 0.2) is 5.82 Å². The van der Waals surface area contributed by atoms with Crippen LogP contribution < -0.4 is 5.73 Å². The second kappa shape index (κ2) is 6.78. The van der Waals surface area contributed by atoms with Crippen LogP contribution in [0.2, 0.25) is 5.02 Å². The summed E-state index contributed by atoms with van der Waals surface area (Å²) in [6.07, 6.45) is 1.01. The van der Waals surface area contributed by atoms with Crippen molar-refractivity contribution in [3.63, 3.8) is 0 Å². The van der Waals surface area contributed by atoms with Gasteiger partial charge in [-0.2, -0.15) is 16.7 Å². The first kappa shape index (κ1) is 13.4. The van der Waals surface area contributed by atoms with E-state index < -0.39 is 0 Å². The van der Waals surface area contributed by atoms with Gasteiger partial charge in [-0.15, -0.1) is 0 Å². The molecule has 0 aliphatic rings. The smallest absolute Gasteiger partial charge is 0.257 e. The van der Waals surface area contributed by atoms with Crippen LogP contribution in [0.3, 0.4) is 0 Å². The molecule has 0 fully saturated rings. The van der Waals surface area contributed by atoms with E-state index in [1.807, 2.05) is 12.1 Å². The summed E-state index contributed by atoms with van der Waals surface area (Å²) in [6, 6.07) is 7.33. The fraction of sp³-hybridized carbons (Fsp3) is 0.333. The van der Waals surface area contributed by atoms with Crippen LogP contribution in [-0.2, 0) is 5.75 Å². The molecule has 0 bridgehead atoms. The molecular formula is C12H14ClN3OS. The molecule has 0 saturated carbocycles. The molecule has 1 heterocycles. The lowest BCUT2D eigenvalue weighted by atomic mass is 10.2. The van der Waals surface area contributed by atoms with Crippen molar-refractivity contribution in [2.75, 3.05) is 12.3 Å². The predicted octanol–water partition coefficient (Wildman–Crippen LogP) is 2.97. The molecule has 0 aliphatic carbocycles. The monoisotopic (exact) mass is 283 g/mol. The molecule has 0 radical (unpaired) electrons. The van der Waals surface area contributed by atoms with Crippen molar-refractivity contribution >= 4 is 23.4 Å². The number of aromatic nitrogens is 2. The van der Waals surface area contributed by atoms with Crippen LogP contribution in [0.15, 0.2) is 28.8 Å². The molecule has 2 N–H and O–H groups in total. The van der Waals surface area contributed by atoms with Crippen molar-refractivity contribution in [1.82, 2.24) is 10.1 Å². The van der Waals surface area contributed by atoms with E-state index >= 15 is 0 Å². The zero-order chi connectivity index (χ0) is 12.8. The Balaban J connectivity index is 1.95. The van der Waals surface area contributed by atoms with E-state index in [1.165, 1.54) is 0 Å². The average molecular weight is 284 g/mol. The highest BCUT2D eigenvalue weighted by atomic mass is 35.5.